The predicted molar refractivity (Wildman–Crippen MR) is 75.9 cm³/mol. The molecule has 1 fully saturated rings. The summed E-state index contributed by atoms with van der Waals surface area (Å²) in [5, 5.41) is 3.04. The third-order valence-corrected chi connectivity index (χ3v) is 3.94. The predicted octanol–water partition coefficient (Wildman–Crippen LogP) is 3.61. The van der Waals surface area contributed by atoms with Crippen LogP contribution in [0.25, 0.3) is 0 Å². The van der Waals surface area contributed by atoms with Gasteiger partial charge in [-0.1, -0.05) is 6.07 Å². The van der Waals surface area contributed by atoms with Crippen LogP contribution in [-0.4, -0.2) is 44.4 Å². The van der Waals surface area contributed by atoms with Gasteiger partial charge in [-0.3, -0.25) is 4.90 Å². The first kappa shape index (κ1) is 18.9. The van der Waals surface area contributed by atoms with Crippen molar-refractivity contribution in [2.75, 3.05) is 33.3 Å². The minimum absolute atomic E-state index is 0.115. The van der Waals surface area contributed by atoms with Crippen molar-refractivity contribution < 1.29 is 31.1 Å². The highest BCUT2D eigenvalue weighted by Gasteiger charge is 2.38. The molecule has 1 aromatic rings. The van der Waals surface area contributed by atoms with Gasteiger partial charge >= 0.3 is 12.4 Å². The highest BCUT2D eigenvalue weighted by atomic mass is 19.4. The maximum absolute atomic E-state index is 13.0. The van der Waals surface area contributed by atoms with Gasteiger partial charge in [0.2, 0.25) is 0 Å². The number of hydrogen-bond donors (Lipinski definition) is 1. The Hall–Kier alpha value is -1.48. The van der Waals surface area contributed by atoms with E-state index in [4.69, 9.17) is 4.74 Å². The van der Waals surface area contributed by atoms with Crippen LogP contribution < -0.4 is 10.1 Å². The molecule has 1 aliphatic rings. The minimum Gasteiger partial charge on any atom is -0.496 e. The molecule has 0 saturated carbocycles. The maximum Gasteiger partial charge on any atom is 0.416 e. The Kier molecular flexibility index (Phi) is 5.64. The van der Waals surface area contributed by atoms with Gasteiger partial charge in [0.05, 0.1) is 19.1 Å². The summed E-state index contributed by atoms with van der Waals surface area (Å²) < 4.78 is 82.3. The number of hydrogen-bond acceptors (Lipinski definition) is 3. The molecule has 24 heavy (non-hydrogen) atoms. The number of halogens is 6. The van der Waals surface area contributed by atoms with Crippen LogP contribution in [0.4, 0.5) is 26.3 Å². The zero-order valence-corrected chi connectivity index (χ0v) is 13.0. The van der Waals surface area contributed by atoms with E-state index in [0.717, 1.165) is 25.3 Å². The van der Waals surface area contributed by atoms with Crippen LogP contribution in [0.15, 0.2) is 18.2 Å². The second kappa shape index (κ2) is 7.18. The Balaban J connectivity index is 2.40. The Labute approximate surface area is 135 Å². The van der Waals surface area contributed by atoms with Crippen LogP contribution >= 0.6 is 0 Å². The first-order valence-corrected chi connectivity index (χ1v) is 7.38. The zero-order chi connectivity index (χ0) is 18.0. The summed E-state index contributed by atoms with van der Waals surface area (Å²) in [6.07, 6.45) is -10.2. The van der Waals surface area contributed by atoms with Gasteiger partial charge in [-0.2, -0.15) is 26.3 Å². The number of ether oxygens (including phenoxy) is 1. The highest BCUT2D eigenvalue weighted by Crippen LogP contribution is 2.40. The summed E-state index contributed by atoms with van der Waals surface area (Å²) in [5.41, 5.74) is -0.834. The molecule has 0 bridgehead atoms. The number of methoxy groups -OCH3 is 1. The molecule has 0 amide bonds. The van der Waals surface area contributed by atoms with Gasteiger partial charge in [-0.15, -0.1) is 0 Å². The standard InChI is InChI=1S/C15H18F6N2O/c1-24-13-8-10(15(19,20)21)2-3-11(13)12(9-14(16,17)18)23-6-4-22-5-7-23/h2-3,8,12,22H,4-7,9H2,1H3/t12-/m0/s1. The first-order valence-electron chi connectivity index (χ1n) is 7.38. The van der Waals surface area contributed by atoms with E-state index in [1.54, 1.807) is 4.90 Å². The number of benzene rings is 1. The second-order valence-corrected chi connectivity index (χ2v) is 5.58. The van der Waals surface area contributed by atoms with Crippen molar-refractivity contribution in [1.29, 1.82) is 0 Å². The number of nitrogens with one attached hydrogen (secondary N) is 1. The molecule has 1 saturated heterocycles. The van der Waals surface area contributed by atoms with Gasteiger partial charge in [-0.25, -0.2) is 0 Å². The summed E-state index contributed by atoms with van der Waals surface area (Å²) in [5.74, 6) is -0.183. The van der Waals surface area contributed by atoms with Crippen LogP contribution in [-0.2, 0) is 6.18 Å². The zero-order valence-electron chi connectivity index (χ0n) is 13.0. The topological polar surface area (TPSA) is 24.5 Å². The fourth-order valence-electron chi connectivity index (χ4n) is 2.81. The molecule has 1 aliphatic heterocycles. The van der Waals surface area contributed by atoms with Gasteiger partial charge in [-0.05, 0) is 12.1 Å². The average Bonchev–Trinajstić information content (AvgIpc) is 2.51. The van der Waals surface area contributed by atoms with Crippen LogP contribution in [0.1, 0.15) is 23.6 Å². The van der Waals surface area contributed by atoms with E-state index in [9.17, 15) is 26.3 Å². The van der Waals surface area contributed by atoms with Gasteiger partial charge in [0, 0.05) is 37.8 Å². The molecule has 0 spiro atoms. The van der Waals surface area contributed by atoms with E-state index in [1.165, 1.54) is 0 Å². The molecule has 2 rings (SSSR count). The number of alkyl halides is 6. The molecule has 0 unspecified atom stereocenters. The first-order chi connectivity index (χ1) is 11.1. The Bertz CT molecular complexity index is 552. The molecule has 136 valence electrons. The molecule has 3 nitrogen and oxygen atoms in total. The second-order valence-electron chi connectivity index (χ2n) is 5.58. The largest absolute Gasteiger partial charge is 0.496 e. The fraction of sp³-hybridized carbons (Fsp3) is 0.600. The molecule has 0 aliphatic carbocycles. The minimum atomic E-state index is -4.58. The summed E-state index contributed by atoms with van der Waals surface area (Å²) >= 11 is 0. The van der Waals surface area contributed by atoms with E-state index in [2.05, 4.69) is 5.32 Å². The molecule has 0 aromatic heterocycles. The van der Waals surface area contributed by atoms with Gasteiger partial charge in [0.1, 0.15) is 5.75 Å². The molecule has 9 heteroatoms. The molecule has 0 radical (unpaired) electrons. The van der Waals surface area contributed by atoms with Crippen molar-refractivity contribution in [3.05, 3.63) is 29.3 Å². The summed E-state index contributed by atoms with van der Waals surface area (Å²) in [6.45, 7) is 1.81. The lowest BCUT2D eigenvalue weighted by atomic mass is 9.98. The van der Waals surface area contributed by atoms with Crippen molar-refractivity contribution in [3.8, 4) is 5.75 Å². The van der Waals surface area contributed by atoms with E-state index in [0.29, 0.717) is 26.2 Å². The highest BCUT2D eigenvalue weighted by molar-refractivity contribution is 5.41. The van der Waals surface area contributed by atoms with E-state index in [1.807, 2.05) is 0 Å². The van der Waals surface area contributed by atoms with Crippen molar-refractivity contribution in [2.45, 2.75) is 24.8 Å². The molecular weight excluding hydrogens is 338 g/mol. The Morgan fingerprint density at radius 3 is 2.25 bits per heavy atom. The van der Waals surface area contributed by atoms with Crippen molar-refractivity contribution >= 4 is 0 Å². The van der Waals surface area contributed by atoms with Crippen molar-refractivity contribution in [2.24, 2.45) is 0 Å². The number of nitrogens with zero attached hydrogens (tertiary/aromatic N) is 1. The average molecular weight is 356 g/mol. The summed E-state index contributed by atoms with van der Waals surface area (Å²) in [4.78, 5) is 1.62. The van der Waals surface area contributed by atoms with Crippen LogP contribution in [0.3, 0.4) is 0 Å². The molecule has 1 atom stereocenters. The molecule has 1 N–H and O–H groups in total. The Morgan fingerprint density at radius 1 is 1.12 bits per heavy atom. The van der Waals surface area contributed by atoms with E-state index >= 15 is 0 Å². The van der Waals surface area contributed by atoms with E-state index in [-0.39, 0.29) is 11.3 Å². The normalized spacial score (nSPS) is 18.5. The van der Waals surface area contributed by atoms with Crippen LogP contribution in [0.2, 0.25) is 0 Å². The molecule has 1 heterocycles. The maximum atomic E-state index is 13.0. The lowest BCUT2D eigenvalue weighted by molar-refractivity contribution is -0.149. The lowest BCUT2D eigenvalue weighted by Crippen LogP contribution is -2.46. The van der Waals surface area contributed by atoms with Crippen molar-refractivity contribution in [3.63, 3.8) is 0 Å². The number of piperazine rings is 1. The summed E-state index contributed by atoms with van der Waals surface area (Å²) in [7, 11) is 1.15. The number of rotatable bonds is 4. The van der Waals surface area contributed by atoms with Crippen molar-refractivity contribution in [1.82, 2.24) is 10.2 Å². The van der Waals surface area contributed by atoms with Crippen LogP contribution in [0.5, 0.6) is 5.75 Å². The van der Waals surface area contributed by atoms with Gasteiger partial charge < -0.3 is 10.1 Å². The third kappa shape index (κ3) is 4.76. The Morgan fingerprint density at radius 2 is 1.75 bits per heavy atom. The quantitative estimate of drug-likeness (QED) is 0.834. The lowest BCUT2D eigenvalue weighted by Gasteiger charge is -2.36. The van der Waals surface area contributed by atoms with E-state index < -0.39 is 30.4 Å². The fourth-order valence-corrected chi connectivity index (χ4v) is 2.81. The molecule has 1 aromatic carbocycles. The smallest absolute Gasteiger partial charge is 0.416 e. The van der Waals surface area contributed by atoms with Crippen LogP contribution in [0, 0.1) is 0 Å². The monoisotopic (exact) mass is 356 g/mol. The molecular formula is C15H18F6N2O. The van der Waals surface area contributed by atoms with Gasteiger partial charge in [0.25, 0.3) is 0 Å². The summed E-state index contributed by atoms with van der Waals surface area (Å²) in [6, 6.07) is 1.55. The van der Waals surface area contributed by atoms with Gasteiger partial charge in [0.15, 0.2) is 0 Å². The SMILES string of the molecule is COc1cc(C(F)(F)F)ccc1[C@H](CC(F)(F)F)N1CCNCC1. The third-order valence-electron chi connectivity index (χ3n) is 3.94.